The number of aliphatic hydroxyl groups is 2. The number of nitrogens with two attached hydrogens (primary N) is 1. The lowest BCUT2D eigenvalue weighted by Crippen LogP contribution is -2.39. The highest BCUT2D eigenvalue weighted by atomic mass is 32.1. The number of carbonyl (C=O) groups excluding carboxylic acids is 1. The molecule has 0 atom stereocenters. The molecule has 0 fully saturated rings. The van der Waals surface area contributed by atoms with Crippen molar-refractivity contribution >= 4 is 33.1 Å². The Labute approximate surface area is 113 Å². The zero-order valence-electron chi connectivity index (χ0n) is 10.4. The summed E-state index contributed by atoms with van der Waals surface area (Å²) in [4.78, 5) is 17.4. The molecule has 0 unspecified atom stereocenters. The first-order valence-corrected chi connectivity index (χ1v) is 6.56. The minimum atomic E-state index is -0.688. The topological polar surface area (TPSA) is 108 Å². The normalized spacial score (nSPS) is 11.2. The van der Waals surface area contributed by atoms with Crippen molar-refractivity contribution in [3.63, 3.8) is 0 Å². The fraction of sp³-hybridized carbons (Fsp3) is 0.333. The molecular formula is C12H15N3O3S. The molecule has 0 bridgehead atoms. The van der Waals surface area contributed by atoms with E-state index in [0.717, 1.165) is 11.1 Å². The van der Waals surface area contributed by atoms with E-state index in [4.69, 9.17) is 15.9 Å². The van der Waals surface area contributed by atoms with Crippen molar-refractivity contribution in [3.8, 4) is 0 Å². The number of fused-ring (bicyclic) bond motifs is 1. The van der Waals surface area contributed by atoms with Crippen LogP contribution in [0.5, 0.6) is 0 Å². The largest absolute Gasteiger partial charge is 0.397 e. The van der Waals surface area contributed by atoms with Crippen LogP contribution in [0.4, 0.5) is 5.69 Å². The fourth-order valence-electron chi connectivity index (χ4n) is 1.66. The molecule has 6 nitrogen and oxygen atoms in total. The number of aryl methyl sites for hydroxylation is 1. The Morgan fingerprint density at radius 3 is 2.79 bits per heavy atom. The quantitative estimate of drug-likeness (QED) is 0.643. The van der Waals surface area contributed by atoms with Crippen molar-refractivity contribution in [2.24, 2.45) is 0 Å². The molecule has 1 amide bonds. The number of rotatable bonds is 4. The second kappa shape index (κ2) is 5.52. The van der Waals surface area contributed by atoms with Crippen molar-refractivity contribution in [3.05, 3.63) is 22.7 Å². The van der Waals surface area contributed by atoms with Crippen molar-refractivity contribution < 1.29 is 15.0 Å². The van der Waals surface area contributed by atoms with Crippen molar-refractivity contribution in [2.45, 2.75) is 13.0 Å². The van der Waals surface area contributed by atoms with E-state index in [-0.39, 0.29) is 13.2 Å². The van der Waals surface area contributed by atoms with Crippen LogP contribution in [-0.2, 0) is 0 Å². The zero-order chi connectivity index (χ0) is 14.0. The first kappa shape index (κ1) is 13.7. The van der Waals surface area contributed by atoms with Crippen LogP contribution in [0.3, 0.4) is 0 Å². The van der Waals surface area contributed by atoms with Crippen molar-refractivity contribution in [1.29, 1.82) is 0 Å². The van der Waals surface area contributed by atoms with E-state index in [1.807, 2.05) is 19.1 Å². The number of nitrogen functional groups attached to an aromatic ring is 1. The number of anilines is 1. The van der Waals surface area contributed by atoms with Crippen LogP contribution in [-0.4, -0.2) is 40.4 Å². The summed E-state index contributed by atoms with van der Waals surface area (Å²) in [5.41, 5.74) is 7.16. The zero-order valence-corrected chi connectivity index (χ0v) is 11.2. The number of pyridine rings is 1. The number of aliphatic hydroxyl groups excluding tert-OH is 2. The molecule has 0 saturated carbocycles. The molecule has 0 aromatic carbocycles. The molecule has 2 rings (SSSR count). The first-order chi connectivity index (χ1) is 9.06. The average Bonchev–Trinajstić information content (AvgIpc) is 2.72. The van der Waals surface area contributed by atoms with Gasteiger partial charge in [0.1, 0.15) is 9.71 Å². The summed E-state index contributed by atoms with van der Waals surface area (Å²) in [6.07, 6.45) is 0. The molecule has 2 aromatic heterocycles. The summed E-state index contributed by atoms with van der Waals surface area (Å²) in [6.45, 7) is 1.21. The Kier molecular flexibility index (Phi) is 3.98. The molecule has 102 valence electrons. The Balaban J connectivity index is 2.34. The summed E-state index contributed by atoms with van der Waals surface area (Å²) < 4.78 is 0. The SMILES string of the molecule is Cc1ccc2c(N)c(C(=O)NC(CO)CO)sc2n1. The van der Waals surface area contributed by atoms with Gasteiger partial charge in [-0.2, -0.15) is 0 Å². The monoisotopic (exact) mass is 281 g/mol. The van der Waals surface area contributed by atoms with Gasteiger partial charge >= 0.3 is 0 Å². The highest BCUT2D eigenvalue weighted by Gasteiger charge is 2.19. The minimum absolute atomic E-state index is 0.329. The van der Waals surface area contributed by atoms with Gasteiger partial charge in [-0.25, -0.2) is 4.98 Å². The van der Waals surface area contributed by atoms with E-state index in [1.54, 1.807) is 0 Å². The van der Waals surface area contributed by atoms with Crippen LogP contribution < -0.4 is 11.1 Å². The van der Waals surface area contributed by atoms with Gasteiger partial charge in [0.05, 0.1) is 24.9 Å². The van der Waals surface area contributed by atoms with Crippen molar-refractivity contribution in [2.75, 3.05) is 18.9 Å². The number of hydrogen-bond acceptors (Lipinski definition) is 6. The molecule has 0 spiro atoms. The van der Waals surface area contributed by atoms with Crippen LogP contribution in [0.25, 0.3) is 10.2 Å². The Morgan fingerprint density at radius 1 is 1.47 bits per heavy atom. The number of carbonyl (C=O) groups is 1. The van der Waals surface area contributed by atoms with Crippen LogP contribution in [0.2, 0.25) is 0 Å². The van der Waals surface area contributed by atoms with Gasteiger partial charge in [0.25, 0.3) is 5.91 Å². The van der Waals surface area contributed by atoms with Crippen molar-refractivity contribution in [1.82, 2.24) is 10.3 Å². The van der Waals surface area contributed by atoms with Crippen LogP contribution in [0.1, 0.15) is 15.4 Å². The van der Waals surface area contributed by atoms with Gasteiger partial charge in [-0.1, -0.05) is 0 Å². The number of nitrogens with zero attached hydrogens (tertiary/aromatic N) is 1. The highest BCUT2D eigenvalue weighted by molar-refractivity contribution is 7.21. The third-order valence-electron chi connectivity index (χ3n) is 2.72. The standard InChI is InChI=1S/C12H15N3O3S/c1-6-2-3-8-9(13)10(19-12(8)14-6)11(18)15-7(4-16)5-17/h2-3,7,16-17H,4-5,13H2,1H3,(H,15,18). The van der Waals surface area contributed by atoms with E-state index in [9.17, 15) is 4.79 Å². The first-order valence-electron chi connectivity index (χ1n) is 5.75. The average molecular weight is 281 g/mol. The van der Waals surface area contributed by atoms with E-state index in [2.05, 4.69) is 10.3 Å². The lowest BCUT2D eigenvalue weighted by molar-refractivity contribution is 0.0884. The van der Waals surface area contributed by atoms with Gasteiger partial charge in [0.2, 0.25) is 0 Å². The third-order valence-corrected chi connectivity index (χ3v) is 3.83. The smallest absolute Gasteiger partial charge is 0.263 e. The molecule has 5 N–H and O–H groups in total. The number of amides is 1. The molecule has 0 saturated heterocycles. The predicted molar refractivity (Wildman–Crippen MR) is 74.2 cm³/mol. The van der Waals surface area contributed by atoms with Gasteiger partial charge in [0.15, 0.2) is 0 Å². The maximum atomic E-state index is 12.0. The number of thiophene rings is 1. The lowest BCUT2D eigenvalue weighted by Gasteiger charge is -2.12. The Morgan fingerprint density at radius 2 is 2.16 bits per heavy atom. The van der Waals surface area contributed by atoms with E-state index in [0.29, 0.717) is 15.4 Å². The number of hydrogen-bond donors (Lipinski definition) is 4. The molecule has 2 aromatic rings. The Hall–Kier alpha value is -1.70. The second-order valence-corrected chi connectivity index (χ2v) is 5.18. The maximum absolute atomic E-state index is 12.0. The van der Waals surface area contributed by atoms with E-state index < -0.39 is 11.9 Å². The second-order valence-electron chi connectivity index (χ2n) is 4.19. The van der Waals surface area contributed by atoms with E-state index in [1.165, 1.54) is 11.3 Å². The predicted octanol–water partition coefficient (Wildman–Crippen LogP) is 0.270. The summed E-state index contributed by atoms with van der Waals surface area (Å²) >= 11 is 1.20. The molecule has 7 heteroatoms. The molecule has 0 radical (unpaired) electrons. The minimum Gasteiger partial charge on any atom is -0.397 e. The van der Waals surface area contributed by atoms with Gasteiger partial charge in [-0.15, -0.1) is 11.3 Å². The number of nitrogens with one attached hydrogen (secondary N) is 1. The Bertz CT molecular complexity index is 608. The maximum Gasteiger partial charge on any atom is 0.263 e. The van der Waals surface area contributed by atoms with Gasteiger partial charge < -0.3 is 21.3 Å². The van der Waals surface area contributed by atoms with E-state index >= 15 is 0 Å². The molecule has 0 aliphatic rings. The molecule has 0 aliphatic carbocycles. The molecule has 0 aliphatic heterocycles. The number of aromatic nitrogens is 1. The molecular weight excluding hydrogens is 266 g/mol. The highest BCUT2D eigenvalue weighted by Crippen LogP contribution is 2.32. The fourth-order valence-corrected chi connectivity index (χ4v) is 2.70. The van der Waals surface area contributed by atoms with Crippen LogP contribution >= 0.6 is 11.3 Å². The summed E-state index contributed by atoms with van der Waals surface area (Å²) in [5, 5.41) is 21.2. The third kappa shape index (κ3) is 2.67. The molecule has 2 heterocycles. The van der Waals surface area contributed by atoms with Gasteiger partial charge in [-0.3, -0.25) is 4.79 Å². The lowest BCUT2D eigenvalue weighted by atomic mass is 10.2. The molecule has 19 heavy (non-hydrogen) atoms. The van der Waals surface area contributed by atoms with Crippen LogP contribution in [0, 0.1) is 6.92 Å². The summed E-state index contributed by atoms with van der Waals surface area (Å²) in [7, 11) is 0. The summed E-state index contributed by atoms with van der Waals surface area (Å²) in [6, 6.07) is 2.97. The van der Waals surface area contributed by atoms with Gasteiger partial charge in [0, 0.05) is 11.1 Å². The summed E-state index contributed by atoms with van der Waals surface area (Å²) in [5.74, 6) is -0.411. The van der Waals surface area contributed by atoms with Crippen LogP contribution in [0.15, 0.2) is 12.1 Å². The van der Waals surface area contributed by atoms with Gasteiger partial charge in [-0.05, 0) is 19.1 Å².